The minimum Gasteiger partial charge on any atom is -0.466 e. The number of methoxy groups -OCH3 is 1. The second kappa shape index (κ2) is 7.73. The molecule has 0 spiro atoms. The molecule has 0 fully saturated rings. The average molecular weight is 228 g/mol. The third-order valence-corrected chi connectivity index (χ3v) is 2.21. The van der Waals surface area contributed by atoms with Crippen molar-refractivity contribution in [2.24, 2.45) is 0 Å². The van der Waals surface area contributed by atoms with E-state index in [2.05, 4.69) is 10.1 Å². The topological polar surface area (TPSA) is 58.6 Å². The van der Waals surface area contributed by atoms with Gasteiger partial charge in [0.2, 0.25) is 5.91 Å². The molecule has 0 bridgehead atoms. The van der Waals surface area contributed by atoms with Crippen LogP contribution >= 0.6 is 0 Å². The third kappa shape index (κ3) is 4.82. The van der Waals surface area contributed by atoms with E-state index < -0.39 is 5.97 Å². The highest BCUT2D eigenvalue weighted by atomic mass is 16.5. The van der Waals surface area contributed by atoms with Gasteiger partial charge in [0.1, 0.15) is 6.04 Å². The van der Waals surface area contributed by atoms with E-state index in [0.29, 0.717) is 13.1 Å². The van der Waals surface area contributed by atoms with Crippen LogP contribution in [0.1, 0.15) is 20.8 Å². The molecule has 0 heterocycles. The maximum absolute atomic E-state index is 11.8. The van der Waals surface area contributed by atoms with E-state index in [1.54, 1.807) is 11.8 Å². The van der Waals surface area contributed by atoms with Crippen LogP contribution in [0.3, 0.4) is 0 Å². The number of carbonyl (C=O) groups excluding carboxylic acids is 2. The number of hydrogen-bond donors (Lipinski definition) is 1. The first-order valence-electron chi connectivity index (χ1n) is 5.36. The van der Waals surface area contributed by atoms with Crippen LogP contribution in [-0.4, -0.2) is 43.0 Å². The number of rotatable bonds is 6. The van der Waals surface area contributed by atoms with Crippen molar-refractivity contribution in [3.8, 4) is 0 Å². The molecule has 5 heteroatoms. The second-order valence-corrected chi connectivity index (χ2v) is 3.26. The first-order chi connectivity index (χ1) is 7.56. The molecule has 0 saturated heterocycles. The van der Waals surface area contributed by atoms with Crippen molar-refractivity contribution >= 4 is 11.9 Å². The van der Waals surface area contributed by atoms with Crippen LogP contribution in [0.15, 0.2) is 12.3 Å². The number of carbonyl (C=O) groups is 2. The normalized spacial score (nSPS) is 12.2. The molecule has 0 aromatic heterocycles. The fraction of sp³-hybridized carbons (Fsp3) is 0.636. The molecule has 0 aliphatic heterocycles. The summed E-state index contributed by atoms with van der Waals surface area (Å²) in [6.45, 7) is 6.98. The summed E-state index contributed by atoms with van der Waals surface area (Å²) in [6.07, 6.45) is 2.67. The van der Waals surface area contributed by atoms with Gasteiger partial charge in [0.15, 0.2) is 0 Å². The van der Waals surface area contributed by atoms with E-state index in [9.17, 15) is 9.59 Å². The Balaban J connectivity index is 4.15. The maximum atomic E-state index is 11.8. The third-order valence-electron chi connectivity index (χ3n) is 2.21. The van der Waals surface area contributed by atoms with Gasteiger partial charge in [-0.25, -0.2) is 4.79 Å². The summed E-state index contributed by atoms with van der Waals surface area (Å²) in [5.41, 5.74) is 0. The summed E-state index contributed by atoms with van der Waals surface area (Å²) in [7, 11) is 1.30. The van der Waals surface area contributed by atoms with Crippen LogP contribution in [0.4, 0.5) is 0 Å². The molecule has 0 radical (unpaired) electrons. The molecule has 5 nitrogen and oxygen atoms in total. The van der Waals surface area contributed by atoms with E-state index in [4.69, 9.17) is 0 Å². The fourth-order valence-electron chi connectivity index (χ4n) is 1.21. The first-order valence-corrected chi connectivity index (χ1v) is 5.36. The Bertz CT molecular complexity index is 260. The predicted octanol–water partition coefficient (Wildman–Crippen LogP) is 0.520. The lowest BCUT2D eigenvalue weighted by atomic mass is 10.3. The minimum atomic E-state index is -0.449. The maximum Gasteiger partial charge on any atom is 0.331 e. The molecule has 1 unspecified atom stereocenters. The van der Waals surface area contributed by atoms with Crippen molar-refractivity contribution in [1.29, 1.82) is 0 Å². The number of ether oxygens (including phenoxy) is 1. The lowest BCUT2D eigenvalue weighted by Crippen LogP contribution is -2.43. The van der Waals surface area contributed by atoms with Gasteiger partial charge in [-0.15, -0.1) is 0 Å². The zero-order valence-corrected chi connectivity index (χ0v) is 10.3. The Kier molecular flexibility index (Phi) is 7.00. The Hall–Kier alpha value is -1.52. The first kappa shape index (κ1) is 14.5. The molecule has 0 aliphatic rings. The van der Waals surface area contributed by atoms with Gasteiger partial charge in [0.25, 0.3) is 0 Å². The van der Waals surface area contributed by atoms with Crippen LogP contribution in [0.25, 0.3) is 0 Å². The van der Waals surface area contributed by atoms with Gasteiger partial charge in [-0.05, 0) is 20.8 Å². The second-order valence-electron chi connectivity index (χ2n) is 3.26. The monoisotopic (exact) mass is 228 g/mol. The van der Waals surface area contributed by atoms with Crippen molar-refractivity contribution in [3.05, 3.63) is 12.3 Å². The summed E-state index contributed by atoms with van der Waals surface area (Å²) in [6, 6.07) is -0.346. The highest BCUT2D eigenvalue weighted by Gasteiger charge is 2.16. The van der Waals surface area contributed by atoms with Gasteiger partial charge in [0, 0.05) is 25.4 Å². The molecular weight excluding hydrogens is 208 g/mol. The molecular formula is C11H20N2O3. The molecule has 0 aliphatic carbocycles. The van der Waals surface area contributed by atoms with E-state index >= 15 is 0 Å². The number of amides is 1. The van der Waals surface area contributed by atoms with Gasteiger partial charge in [-0.2, -0.15) is 0 Å². The minimum absolute atomic E-state index is 0.0134. The highest BCUT2D eigenvalue weighted by molar-refractivity contribution is 5.83. The van der Waals surface area contributed by atoms with Crippen LogP contribution in [0, 0.1) is 0 Å². The average Bonchev–Trinajstić information content (AvgIpc) is 2.29. The lowest BCUT2D eigenvalue weighted by Gasteiger charge is -2.22. The molecule has 0 aromatic rings. The number of likely N-dealkylation sites (N-methyl/N-ethyl adjacent to an activating group) is 1. The molecule has 1 atom stereocenters. The zero-order valence-electron chi connectivity index (χ0n) is 10.3. The van der Waals surface area contributed by atoms with Crippen LogP contribution in [-0.2, 0) is 14.3 Å². The molecule has 1 amide bonds. The number of nitrogens with one attached hydrogen (secondary N) is 1. The largest absolute Gasteiger partial charge is 0.466 e. The van der Waals surface area contributed by atoms with E-state index in [-0.39, 0.29) is 11.9 Å². The fourth-order valence-corrected chi connectivity index (χ4v) is 1.21. The van der Waals surface area contributed by atoms with Gasteiger partial charge in [0.05, 0.1) is 7.11 Å². The van der Waals surface area contributed by atoms with Crippen LogP contribution in [0.2, 0.25) is 0 Å². The standard InChI is InChI=1S/C11H20N2O3/c1-5-13(6-2)11(15)9(3)12-8-7-10(14)16-4/h7-9,12H,5-6H2,1-4H3/b8-7+. The van der Waals surface area contributed by atoms with Crippen LogP contribution < -0.4 is 5.32 Å². The lowest BCUT2D eigenvalue weighted by molar-refractivity contribution is -0.135. The van der Waals surface area contributed by atoms with E-state index in [1.165, 1.54) is 19.4 Å². The Labute approximate surface area is 96.4 Å². The smallest absolute Gasteiger partial charge is 0.331 e. The predicted molar refractivity (Wildman–Crippen MR) is 61.7 cm³/mol. The molecule has 1 N–H and O–H groups in total. The number of nitrogens with zero attached hydrogens (tertiary/aromatic N) is 1. The molecule has 92 valence electrons. The molecule has 0 saturated carbocycles. The van der Waals surface area contributed by atoms with Crippen molar-refractivity contribution in [3.63, 3.8) is 0 Å². The highest BCUT2D eigenvalue weighted by Crippen LogP contribution is 1.94. The SMILES string of the molecule is CCN(CC)C(=O)C(C)N/C=C/C(=O)OC. The Morgan fingerprint density at radius 1 is 1.38 bits per heavy atom. The Morgan fingerprint density at radius 2 is 1.94 bits per heavy atom. The van der Waals surface area contributed by atoms with Gasteiger partial charge in [-0.3, -0.25) is 4.79 Å². The number of esters is 1. The van der Waals surface area contributed by atoms with E-state index in [0.717, 1.165) is 0 Å². The Morgan fingerprint density at radius 3 is 2.38 bits per heavy atom. The van der Waals surface area contributed by atoms with E-state index in [1.807, 2.05) is 13.8 Å². The molecule has 0 aromatic carbocycles. The van der Waals surface area contributed by atoms with Gasteiger partial charge >= 0.3 is 5.97 Å². The summed E-state index contributed by atoms with van der Waals surface area (Å²) >= 11 is 0. The number of hydrogen-bond acceptors (Lipinski definition) is 4. The van der Waals surface area contributed by atoms with Crippen molar-refractivity contribution in [1.82, 2.24) is 10.2 Å². The molecule has 0 rings (SSSR count). The summed E-state index contributed by atoms with van der Waals surface area (Å²) < 4.78 is 4.42. The molecule has 16 heavy (non-hydrogen) atoms. The van der Waals surface area contributed by atoms with Crippen molar-refractivity contribution in [2.45, 2.75) is 26.8 Å². The summed E-state index contributed by atoms with van der Waals surface area (Å²) in [5, 5.41) is 2.82. The van der Waals surface area contributed by atoms with Crippen LogP contribution in [0.5, 0.6) is 0 Å². The van der Waals surface area contributed by atoms with Gasteiger partial charge in [-0.1, -0.05) is 0 Å². The zero-order chi connectivity index (χ0) is 12.6. The summed E-state index contributed by atoms with van der Waals surface area (Å²) in [5.74, 6) is -0.436. The van der Waals surface area contributed by atoms with Gasteiger partial charge < -0.3 is 15.0 Å². The quantitative estimate of drug-likeness (QED) is 0.532. The van der Waals surface area contributed by atoms with Crippen molar-refractivity contribution < 1.29 is 14.3 Å². The summed E-state index contributed by atoms with van der Waals surface area (Å²) in [4.78, 5) is 24.3. The van der Waals surface area contributed by atoms with Crippen molar-refractivity contribution in [2.75, 3.05) is 20.2 Å².